The molecule has 10 heteroatoms. The fourth-order valence-electron chi connectivity index (χ4n) is 4.58. The van der Waals surface area contributed by atoms with Crippen LogP contribution in [0.5, 0.6) is 0 Å². The fraction of sp³-hybridized carbons (Fsp3) is 0.500. The first kappa shape index (κ1) is 20.6. The number of aromatic nitrogens is 5. The highest BCUT2D eigenvalue weighted by atomic mass is 16.7. The Morgan fingerprint density at radius 3 is 2.75 bits per heavy atom. The Kier molecular flexibility index (Phi) is 5.38. The molecular weight excluding hydrogens is 410 g/mol. The molecule has 3 aromatic heterocycles. The number of piperidine rings is 1. The van der Waals surface area contributed by atoms with Gasteiger partial charge in [0.05, 0.1) is 23.6 Å². The van der Waals surface area contributed by atoms with E-state index in [9.17, 15) is 4.79 Å². The maximum atomic E-state index is 11.3. The van der Waals surface area contributed by atoms with Gasteiger partial charge in [0.2, 0.25) is 5.95 Å². The van der Waals surface area contributed by atoms with Gasteiger partial charge in [-0.1, -0.05) is 0 Å². The molecule has 2 aliphatic heterocycles. The quantitative estimate of drug-likeness (QED) is 0.425. The van der Waals surface area contributed by atoms with E-state index in [1.54, 1.807) is 24.8 Å². The number of pyridine rings is 1. The van der Waals surface area contributed by atoms with Crippen molar-refractivity contribution in [2.24, 2.45) is 0 Å². The Morgan fingerprint density at radius 2 is 2.03 bits per heavy atom. The Hall–Kier alpha value is -3.27. The number of nitrogens with zero attached hydrogens (tertiary/aromatic N) is 7. The van der Waals surface area contributed by atoms with Gasteiger partial charge in [-0.25, -0.2) is 15.0 Å². The summed E-state index contributed by atoms with van der Waals surface area (Å²) in [5.41, 5.74) is 1.70. The maximum absolute atomic E-state index is 11.3. The van der Waals surface area contributed by atoms with Crippen LogP contribution in [0.15, 0.2) is 30.9 Å². The van der Waals surface area contributed by atoms with E-state index in [1.165, 1.54) is 5.06 Å². The van der Waals surface area contributed by atoms with Crippen LogP contribution < -0.4 is 9.96 Å². The average molecular weight is 438 g/mol. The zero-order chi connectivity index (χ0) is 22.1. The Morgan fingerprint density at radius 1 is 1.19 bits per heavy atom. The van der Waals surface area contributed by atoms with E-state index in [1.807, 2.05) is 10.6 Å². The summed E-state index contributed by atoms with van der Waals surface area (Å²) in [6.07, 6.45) is 9.32. The van der Waals surface area contributed by atoms with Gasteiger partial charge < -0.3 is 19.0 Å². The molecule has 3 aromatic rings. The molecular formula is C22H27N7O3. The van der Waals surface area contributed by atoms with E-state index in [0.717, 1.165) is 56.4 Å². The first-order valence-corrected chi connectivity index (χ1v) is 11.0. The number of hydrogen-bond acceptors (Lipinski definition) is 9. The van der Waals surface area contributed by atoms with Crippen molar-refractivity contribution < 1.29 is 14.4 Å². The molecule has 168 valence electrons. The average Bonchev–Trinajstić information content (AvgIpc) is 3.45. The maximum Gasteiger partial charge on any atom is 0.321 e. The minimum atomic E-state index is 0.0273. The van der Waals surface area contributed by atoms with Crippen molar-refractivity contribution in [3.8, 4) is 0 Å². The molecule has 0 amide bonds. The lowest BCUT2D eigenvalue weighted by Gasteiger charge is -2.38. The topological polar surface area (TPSA) is 98.5 Å². The molecule has 0 atom stereocenters. The zero-order valence-corrected chi connectivity index (χ0v) is 18.3. The third-order valence-electron chi connectivity index (χ3n) is 6.34. The van der Waals surface area contributed by atoms with Gasteiger partial charge in [-0.3, -0.25) is 4.79 Å². The second-order valence-electron chi connectivity index (χ2n) is 8.61. The highest BCUT2D eigenvalue weighted by molar-refractivity contribution is 5.78. The molecule has 5 heterocycles. The van der Waals surface area contributed by atoms with E-state index in [2.05, 4.69) is 38.7 Å². The van der Waals surface area contributed by atoms with Crippen molar-refractivity contribution >= 4 is 35.1 Å². The summed E-state index contributed by atoms with van der Waals surface area (Å²) in [5, 5.41) is 1.32. The van der Waals surface area contributed by atoms with Crippen LogP contribution in [0.4, 0.5) is 17.6 Å². The van der Waals surface area contributed by atoms with Gasteiger partial charge in [0, 0.05) is 44.1 Å². The van der Waals surface area contributed by atoms with E-state index < -0.39 is 0 Å². The molecule has 0 saturated carbocycles. The number of ether oxygens (including phenoxy) is 1. The highest BCUT2D eigenvalue weighted by Gasteiger charge is 2.38. The summed E-state index contributed by atoms with van der Waals surface area (Å²) >= 11 is 0. The van der Waals surface area contributed by atoms with Crippen molar-refractivity contribution in [3.05, 3.63) is 30.9 Å². The number of rotatable bonds is 6. The third kappa shape index (κ3) is 3.75. The van der Waals surface area contributed by atoms with Gasteiger partial charge in [-0.2, -0.15) is 4.98 Å². The minimum Gasteiger partial charge on any atom is -0.375 e. The van der Waals surface area contributed by atoms with Crippen LogP contribution in [-0.4, -0.2) is 56.3 Å². The minimum absolute atomic E-state index is 0.0273. The first-order valence-electron chi connectivity index (χ1n) is 11.0. The first-order chi connectivity index (χ1) is 15.6. The van der Waals surface area contributed by atoms with Crippen LogP contribution in [-0.2, 0) is 14.4 Å². The number of fused-ring (bicyclic) bond motifs is 1. The standard InChI is InChI=1S/C22H27N7O3/c1-16(2)28-14-25-17-13-24-20(12-18(17)28)29(32-15-30)19-4-8-23-21(26-19)27-9-6-22(7-10-27)5-3-11-31-22/h4,8,12-16H,3,5-7,9-11H2,1-2H3. The highest BCUT2D eigenvalue weighted by Crippen LogP contribution is 2.36. The molecule has 0 unspecified atom stereocenters. The van der Waals surface area contributed by atoms with Crippen LogP contribution in [0.25, 0.3) is 11.0 Å². The SMILES string of the molecule is CC(C)n1cnc2cnc(N(OC=O)c3ccnc(N4CCC5(CCCO5)CC4)n3)cc21. The molecule has 2 fully saturated rings. The van der Waals surface area contributed by atoms with Crippen molar-refractivity contribution in [2.45, 2.75) is 51.2 Å². The summed E-state index contributed by atoms with van der Waals surface area (Å²) in [4.78, 5) is 36.7. The van der Waals surface area contributed by atoms with Crippen molar-refractivity contribution in [1.29, 1.82) is 0 Å². The summed E-state index contributed by atoms with van der Waals surface area (Å²) in [7, 11) is 0. The second-order valence-corrected chi connectivity index (χ2v) is 8.61. The molecule has 2 saturated heterocycles. The molecule has 1 spiro atoms. The van der Waals surface area contributed by atoms with Crippen LogP contribution in [0.3, 0.4) is 0 Å². The lowest BCUT2D eigenvalue weighted by molar-refractivity contribution is -0.128. The molecule has 0 aromatic carbocycles. The van der Waals surface area contributed by atoms with Gasteiger partial charge >= 0.3 is 6.47 Å². The van der Waals surface area contributed by atoms with Gasteiger partial charge in [-0.05, 0) is 39.5 Å². The van der Waals surface area contributed by atoms with Crippen LogP contribution in [0.1, 0.15) is 45.6 Å². The molecule has 0 aliphatic carbocycles. The van der Waals surface area contributed by atoms with Crippen LogP contribution in [0, 0.1) is 0 Å². The molecule has 5 rings (SSSR count). The normalized spacial score (nSPS) is 17.9. The number of hydrogen-bond donors (Lipinski definition) is 0. The van der Waals surface area contributed by atoms with E-state index in [0.29, 0.717) is 24.1 Å². The van der Waals surface area contributed by atoms with Gasteiger partial charge in [0.1, 0.15) is 5.52 Å². The predicted octanol–water partition coefficient (Wildman–Crippen LogP) is 3.18. The largest absolute Gasteiger partial charge is 0.375 e. The summed E-state index contributed by atoms with van der Waals surface area (Å²) in [6, 6.07) is 3.77. The Bertz CT molecular complexity index is 1100. The molecule has 0 bridgehead atoms. The lowest BCUT2D eigenvalue weighted by Crippen LogP contribution is -2.44. The predicted molar refractivity (Wildman–Crippen MR) is 119 cm³/mol. The van der Waals surface area contributed by atoms with Crippen molar-refractivity contribution in [3.63, 3.8) is 0 Å². The number of anilines is 3. The molecule has 0 N–H and O–H groups in total. The number of carbonyl (C=O) groups excluding carboxylic acids is 1. The van der Waals surface area contributed by atoms with Crippen LogP contribution in [0.2, 0.25) is 0 Å². The number of imidazole rings is 1. The summed E-state index contributed by atoms with van der Waals surface area (Å²) in [5.74, 6) is 1.47. The lowest BCUT2D eigenvalue weighted by atomic mass is 9.89. The third-order valence-corrected chi connectivity index (χ3v) is 6.34. The smallest absolute Gasteiger partial charge is 0.321 e. The molecule has 32 heavy (non-hydrogen) atoms. The van der Waals surface area contributed by atoms with E-state index in [-0.39, 0.29) is 11.6 Å². The summed E-state index contributed by atoms with van der Waals surface area (Å²) < 4.78 is 8.06. The van der Waals surface area contributed by atoms with Gasteiger partial charge in [0.25, 0.3) is 0 Å². The van der Waals surface area contributed by atoms with Crippen molar-refractivity contribution in [1.82, 2.24) is 24.5 Å². The van der Waals surface area contributed by atoms with E-state index in [4.69, 9.17) is 9.57 Å². The van der Waals surface area contributed by atoms with E-state index >= 15 is 0 Å². The van der Waals surface area contributed by atoms with Crippen molar-refractivity contribution in [2.75, 3.05) is 29.7 Å². The molecule has 0 radical (unpaired) electrons. The Labute approximate surface area is 186 Å². The summed E-state index contributed by atoms with van der Waals surface area (Å²) in [6.45, 7) is 7.05. The van der Waals surface area contributed by atoms with Crippen LogP contribution >= 0.6 is 0 Å². The fourth-order valence-corrected chi connectivity index (χ4v) is 4.58. The molecule has 2 aliphatic rings. The Balaban J connectivity index is 1.42. The monoisotopic (exact) mass is 437 g/mol. The van der Waals surface area contributed by atoms with Gasteiger partial charge in [0.15, 0.2) is 11.6 Å². The second kappa shape index (κ2) is 8.34. The molecule has 10 nitrogen and oxygen atoms in total. The zero-order valence-electron chi connectivity index (χ0n) is 18.3. The van der Waals surface area contributed by atoms with Gasteiger partial charge in [-0.15, -0.1) is 5.06 Å². The number of carbonyl (C=O) groups is 1.